The molecule has 2 saturated carbocycles. The molecule has 138 valence electrons. The van der Waals surface area contributed by atoms with Crippen molar-refractivity contribution in [2.75, 3.05) is 7.11 Å². The van der Waals surface area contributed by atoms with Gasteiger partial charge >= 0.3 is 0 Å². The summed E-state index contributed by atoms with van der Waals surface area (Å²) in [5.41, 5.74) is 9.81. The number of fused-ring (bicyclic) bond motifs is 5. The summed E-state index contributed by atoms with van der Waals surface area (Å²) < 4.78 is 5.70. The first kappa shape index (κ1) is 17.2. The number of nitrogens with two attached hydrogens (primary N) is 1. The summed E-state index contributed by atoms with van der Waals surface area (Å²) in [6, 6.07) is 4.07. The molecule has 3 aliphatic carbocycles. The van der Waals surface area contributed by atoms with Crippen LogP contribution in [0.25, 0.3) is 0 Å². The minimum absolute atomic E-state index is 0.136. The van der Waals surface area contributed by atoms with E-state index in [1.807, 2.05) is 6.07 Å². The van der Waals surface area contributed by atoms with Crippen LogP contribution in [0.15, 0.2) is 12.1 Å². The van der Waals surface area contributed by atoms with Gasteiger partial charge in [-0.25, -0.2) is 0 Å². The number of phenolic OH excluding ortho intramolecular Hbond substituents is 1. The molecule has 0 saturated heterocycles. The number of aromatic hydroxyl groups is 1. The third-order valence-electron chi connectivity index (χ3n) is 8.54. The van der Waals surface area contributed by atoms with Crippen molar-refractivity contribution in [3.8, 4) is 11.5 Å². The van der Waals surface area contributed by atoms with E-state index in [0.29, 0.717) is 29.0 Å². The molecule has 0 amide bonds. The molecule has 5 unspecified atom stereocenters. The smallest absolute Gasteiger partial charge is 0.126 e. The highest BCUT2D eigenvalue weighted by Crippen LogP contribution is 2.68. The Labute approximate surface area is 152 Å². The molecule has 1 aromatic carbocycles. The van der Waals surface area contributed by atoms with E-state index >= 15 is 0 Å². The van der Waals surface area contributed by atoms with Gasteiger partial charge in [0.15, 0.2) is 0 Å². The van der Waals surface area contributed by atoms with Crippen LogP contribution >= 0.6 is 0 Å². The van der Waals surface area contributed by atoms with Gasteiger partial charge in [-0.1, -0.05) is 27.7 Å². The average Bonchev–Trinajstić information content (AvgIpc) is 2.84. The molecule has 2 fully saturated rings. The summed E-state index contributed by atoms with van der Waals surface area (Å²) in [5.74, 6) is 2.45. The van der Waals surface area contributed by atoms with Crippen LogP contribution in [0.5, 0.6) is 11.5 Å². The van der Waals surface area contributed by atoms with Crippen molar-refractivity contribution < 1.29 is 9.84 Å². The Hall–Kier alpha value is -1.22. The number of phenols is 1. The topological polar surface area (TPSA) is 55.5 Å². The van der Waals surface area contributed by atoms with Gasteiger partial charge in [0, 0.05) is 23.1 Å². The minimum atomic E-state index is 0.136. The van der Waals surface area contributed by atoms with Crippen LogP contribution in [0.3, 0.4) is 0 Å². The number of ether oxygens (including phenoxy) is 1. The number of rotatable bonds is 1. The lowest BCUT2D eigenvalue weighted by Crippen LogP contribution is -2.60. The predicted molar refractivity (Wildman–Crippen MR) is 101 cm³/mol. The predicted octanol–water partition coefficient (Wildman–Crippen LogP) is 4.39. The van der Waals surface area contributed by atoms with Gasteiger partial charge in [0.25, 0.3) is 0 Å². The maximum atomic E-state index is 10.1. The first-order chi connectivity index (χ1) is 11.6. The highest BCUT2D eigenvalue weighted by molar-refractivity contribution is 5.54. The maximum absolute atomic E-state index is 10.1. The third-order valence-corrected chi connectivity index (χ3v) is 8.54. The van der Waals surface area contributed by atoms with E-state index in [0.717, 1.165) is 18.6 Å². The molecule has 4 rings (SSSR count). The van der Waals surface area contributed by atoms with E-state index in [-0.39, 0.29) is 10.8 Å². The fourth-order valence-electron chi connectivity index (χ4n) is 7.19. The highest BCUT2D eigenvalue weighted by atomic mass is 16.5. The van der Waals surface area contributed by atoms with Crippen molar-refractivity contribution in [2.24, 2.45) is 28.4 Å². The molecule has 0 aromatic heterocycles. The number of hydrogen-bond donors (Lipinski definition) is 2. The largest absolute Gasteiger partial charge is 0.508 e. The number of hydrogen-bond acceptors (Lipinski definition) is 3. The molecule has 25 heavy (non-hydrogen) atoms. The van der Waals surface area contributed by atoms with Gasteiger partial charge in [-0.2, -0.15) is 0 Å². The van der Waals surface area contributed by atoms with Gasteiger partial charge < -0.3 is 15.6 Å². The average molecular weight is 344 g/mol. The van der Waals surface area contributed by atoms with Gasteiger partial charge in [-0.3, -0.25) is 0 Å². The summed E-state index contributed by atoms with van der Waals surface area (Å²) in [4.78, 5) is 0. The van der Waals surface area contributed by atoms with Gasteiger partial charge in [0.05, 0.1) is 7.11 Å². The second-order valence-electron chi connectivity index (χ2n) is 9.92. The zero-order chi connectivity index (χ0) is 18.2. The lowest BCUT2D eigenvalue weighted by Gasteiger charge is -2.62. The molecule has 0 radical (unpaired) electrons. The Morgan fingerprint density at radius 3 is 2.48 bits per heavy atom. The second-order valence-corrected chi connectivity index (χ2v) is 9.92. The molecule has 5 atom stereocenters. The fourth-order valence-corrected chi connectivity index (χ4v) is 7.19. The van der Waals surface area contributed by atoms with Gasteiger partial charge in [0.1, 0.15) is 11.5 Å². The van der Waals surface area contributed by atoms with Crippen molar-refractivity contribution in [3.63, 3.8) is 0 Å². The molecular weight excluding hydrogens is 310 g/mol. The maximum Gasteiger partial charge on any atom is 0.126 e. The van der Waals surface area contributed by atoms with Crippen LogP contribution in [0.4, 0.5) is 0 Å². The van der Waals surface area contributed by atoms with Crippen LogP contribution in [0, 0.1) is 22.7 Å². The molecule has 0 aliphatic heterocycles. The fraction of sp³-hybridized carbons (Fsp3) is 0.727. The Kier molecular flexibility index (Phi) is 3.55. The van der Waals surface area contributed by atoms with Gasteiger partial charge in [-0.05, 0) is 66.4 Å². The monoisotopic (exact) mass is 343 g/mol. The molecule has 3 nitrogen and oxygen atoms in total. The molecular formula is C22H33NO2. The Morgan fingerprint density at radius 2 is 1.80 bits per heavy atom. The van der Waals surface area contributed by atoms with Crippen LogP contribution in [-0.4, -0.2) is 18.3 Å². The summed E-state index contributed by atoms with van der Waals surface area (Å²) in [5, 5.41) is 10.1. The van der Waals surface area contributed by atoms with E-state index < -0.39 is 0 Å². The lowest BCUT2D eigenvalue weighted by atomic mass is 9.43. The second kappa shape index (κ2) is 5.16. The van der Waals surface area contributed by atoms with Gasteiger partial charge in [-0.15, -0.1) is 0 Å². The van der Waals surface area contributed by atoms with Crippen LogP contribution in [-0.2, 0) is 11.8 Å². The quantitative estimate of drug-likeness (QED) is 0.795. The summed E-state index contributed by atoms with van der Waals surface area (Å²) >= 11 is 0. The van der Waals surface area contributed by atoms with Crippen molar-refractivity contribution in [2.45, 2.75) is 71.3 Å². The summed E-state index contributed by atoms with van der Waals surface area (Å²) in [6.45, 7) is 9.73. The normalized spacial score (nSPS) is 41.6. The van der Waals surface area contributed by atoms with E-state index in [4.69, 9.17) is 10.5 Å². The molecule has 0 heterocycles. The summed E-state index contributed by atoms with van der Waals surface area (Å²) in [6.07, 6.45) is 5.79. The van der Waals surface area contributed by atoms with Crippen LogP contribution < -0.4 is 10.5 Å². The van der Waals surface area contributed by atoms with Gasteiger partial charge in [0.2, 0.25) is 0 Å². The van der Waals surface area contributed by atoms with E-state index in [1.54, 1.807) is 13.2 Å². The number of benzene rings is 1. The van der Waals surface area contributed by atoms with Crippen LogP contribution in [0.2, 0.25) is 0 Å². The van der Waals surface area contributed by atoms with Crippen molar-refractivity contribution in [1.82, 2.24) is 0 Å². The van der Waals surface area contributed by atoms with E-state index in [9.17, 15) is 5.11 Å². The molecule has 3 N–H and O–H groups in total. The zero-order valence-electron chi connectivity index (χ0n) is 16.4. The Bertz CT molecular complexity index is 712. The molecule has 1 aromatic rings. The van der Waals surface area contributed by atoms with E-state index in [1.165, 1.54) is 30.4 Å². The Morgan fingerprint density at radius 1 is 1.08 bits per heavy atom. The minimum Gasteiger partial charge on any atom is -0.508 e. The van der Waals surface area contributed by atoms with Crippen molar-refractivity contribution in [3.05, 3.63) is 23.3 Å². The molecule has 3 heteroatoms. The highest BCUT2D eigenvalue weighted by Gasteiger charge is 2.62. The van der Waals surface area contributed by atoms with Crippen LogP contribution in [0.1, 0.15) is 64.5 Å². The zero-order valence-corrected chi connectivity index (χ0v) is 16.4. The Balaban J connectivity index is 1.83. The molecule has 3 aliphatic rings. The SMILES string of the molecule is COc1cc(O)cc2c1C1(C)CCC3C(C)(C)C(N)CCC3(C)C1C2. The molecule has 0 bridgehead atoms. The van der Waals surface area contributed by atoms with Crippen molar-refractivity contribution >= 4 is 0 Å². The standard InChI is InChI=1S/C22H33NO2/c1-20(2)16-6-8-22(4)17(21(16,3)9-7-18(20)23)11-13-10-14(24)12-15(25-5)19(13)22/h10,12,16-18,24H,6-9,11,23H2,1-5H3. The van der Waals surface area contributed by atoms with Crippen molar-refractivity contribution in [1.29, 1.82) is 0 Å². The number of methoxy groups -OCH3 is 1. The third kappa shape index (κ3) is 2.08. The lowest BCUT2D eigenvalue weighted by molar-refractivity contribution is -0.107. The first-order valence-corrected chi connectivity index (χ1v) is 9.80. The first-order valence-electron chi connectivity index (χ1n) is 9.80. The molecule has 0 spiro atoms. The van der Waals surface area contributed by atoms with E-state index in [2.05, 4.69) is 27.7 Å². The summed E-state index contributed by atoms with van der Waals surface area (Å²) in [7, 11) is 1.72.